The first-order valence-corrected chi connectivity index (χ1v) is 10.3. The molecule has 0 saturated carbocycles. The second-order valence-electron chi connectivity index (χ2n) is 7.03. The van der Waals surface area contributed by atoms with Crippen LogP contribution in [0.5, 0.6) is 0 Å². The molecule has 0 radical (unpaired) electrons. The number of fused-ring (bicyclic) bond motifs is 1. The molecule has 7 heteroatoms. The molecule has 2 amide bonds. The van der Waals surface area contributed by atoms with Gasteiger partial charge in [-0.15, -0.1) is 0 Å². The molecule has 146 valence electrons. The number of anilines is 1. The van der Waals surface area contributed by atoms with Gasteiger partial charge in [-0.05, 0) is 30.2 Å². The summed E-state index contributed by atoms with van der Waals surface area (Å²) < 4.78 is 6.66. The highest BCUT2D eigenvalue weighted by molar-refractivity contribution is 7.22. The van der Waals surface area contributed by atoms with Crippen molar-refractivity contribution < 1.29 is 9.53 Å². The van der Waals surface area contributed by atoms with E-state index in [9.17, 15) is 4.79 Å². The predicted octanol–water partition coefficient (Wildman–Crippen LogP) is 3.84. The maximum Gasteiger partial charge on any atom is 0.321 e. The standard InChI is InChI=1S/C21H24N4O2S/c1-15-13-25(9-10-27-15)14-17-6-4-5-16(11-17)12-22-20(26)24-21-23-18-7-2-3-8-19(18)28-21/h2-8,11,15H,9-10,12-14H2,1H3,(H2,22,23,24,26). The molecular weight excluding hydrogens is 372 g/mol. The molecule has 1 unspecified atom stereocenters. The van der Waals surface area contributed by atoms with Gasteiger partial charge in [0.25, 0.3) is 0 Å². The summed E-state index contributed by atoms with van der Waals surface area (Å²) in [5.74, 6) is 0. The number of urea groups is 1. The molecule has 0 aliphatic carbocycles. The van der Waals surface area contributed by atoms with Crippen LogP contribution in [-0.4, -0.2) is 41.7 Å². The maximum atomic E-state index is 12.2. The Morgan fingerprint density at radius 3 is 2.96 bits per heavy atom. The van der Waals surface area contributed by atoms with E-state index >= 15 is 0 Å². The highest BCUT2D eigenvalue weighted by atomic mass is 32.1. The third-order valence-electron chi connectivity index (χ3n) is 4.69. The Balaban J connectivity index is 1.31. The number of rotatable bonds is 5. The van der Waals surface area contributed by atoms with Gasteiger partial charge in [0.1, 0.15) is 0 Å². The summed E-state index contributed by atoms with van der Waals surface area (Å²) in [4.78, 5) is 19.0. The van der Waals surface area contributed by atoms with Crippen molar-refractivity contribution in [3.8, 4) is 0 Å². The molecule has 0 spiro atoms. The van der Waals surface area contributed by atoms with Crippen LogP contribution >= 0.6 is 11.3 Å². The molecule has 1 aromatic heterocycles. The van der Waals surface area contributed by atoms with Crippen LogP contribution in [0.2, 0.25) is 0 Å². The molecule has 1 aliphatic rings. The first-order valence-electron chi connectivity index (χ1n) is 9.48. The average Bonchev–Trinajstić information content (AvgIpc) is 3.09. The van der Waals surface area contributed by atoms with Crippen LogP contribution < -0.4 is 10.6 Å². The third kappa shape index (κ3) is 4.86. The zero-order valence-electron chi connectivity index (χ0n) is 15.9. The minimum absolute atomic E-state index is 0.244. The first-order chi connectivity index (χ1) is 13.7. The molecule has 1 saturated heterocycles. The van der Waals surface area contributed by atoms with E-state index in [0.29, 0.717) is 11.7 Å². The lowest BCUT2D eigenvalue weighted by atomic mass is 10.1. The lowest BCUT2D eigenvalue weighted by Crippen LogP contribution is -2.40. The smallest absolute Gasteiger partial charge is 0.321 e. The molecule has 0 bridgehead atoms. The van der Waals surface area contributed by atoms with Crippen LogP contribution in [-0.2, 0) is 17.8 Å². The summed E-state index contributed by atoms with van der Waals surface area (Å²) in [7, 11) is 0. The summed E-state index contributed by atoms with van der Waals surface area (Å²) in [6, 6.07) is 16.0. The summed E-state index contributed by atoms with van der Waals surface area (Å²) in [5.41, 5.74) is 3.23. The summed E-state index contributed by atoms with van der Waals surface area (Å²) in [6.07, 6.45) is 0.282. The molecule has 1 aliphatic heterocycles. The van der Waals surface area contributed by atoms with E-state index in [1.54, 1.807) is 0 Å². The summed E-state index contributed by atoms with van der Waals surface area (Å²) >= 11 is 1.47. The predicted molar refractivity (Wildman–Crippen MR) is 113 cm³/mol. The maximum absolute atomic E-state index is 12.2. The number of benzene rings is 2. The number of amides is 2. The Bertz CT molecular complexity index is 925. The lowest BCUT2D eigenvalue weighted by Gasteiger charge is -2.31. The molecule has 1 atom stereocenters. The summed E-state index contributed by atoms with van der Waals surface area (Å²) in [6.45, 7) is 6.18. The van der Waals surface area contributed by atoms with E-state index in [1.807, 2.05) is 36.4 Å². The number of morpholine rings is 1. The van der Waals surface area contributed by atoms with Crippen LogP contribution in [0.3, 0.4) is 0 Å². The lowest BCUT2D eigenvalue weighted by molar-refractivity contribution is -0.0212. The van der Waals surface area contributed by atoms with Crippen molar-refractivity contribution in [3.63, 3.8) is 0 Å². The van der Waals surface area contributed by atoms with E-state index in [2.05, 4.69) is 39.6 Å². The SMILES string of the molecule is CC1CN(Cc2cccc(CNC(=O)Nc3nc4ccccc4s3)c2)CCO1. The molecule has 2 heterocycles. The van der Waals surface area contributed by atoms with Gasteiger partial charge in [0.05, 0.1) is 22.9 Å². The van der Waals surface area contributed by atoms with E-state index in [0.717, 1.165) is 42.0 Å². The average molecular weight is 397 g/mol. The van der Waals surface area contributed by atoms with Gasteiger partial charge in [-0.3, -0.25) is 10.2 Å². The van der Waals surface area contributed by atoms with Gasteiger partial charge < -0.3 is 10.1 Å². The van der Waals surface area contributed by atoms with E-state index < -0.39 is 0 Å². The molecule has 2 aromatic carbocycles. The first kappa shape index (κ1) is 18.9. The van der Waals surface area contributed by atoms with Gasteiger partial charge in [0.15, 0.2) is 5.13 Å². The Hall–Kier alpha value is -2.48. The van der Waals surface area contributed by atoms with Gasteiger partial charge in [-0.1, -0.05) is 47.7 Å². The number of ether oxygens (including phenoxy) is 1. The molecule has 3 aromatic rings. The monoisotopic (exact) mass is 396 g/mol. The molecule has 1 fully saturated rings. The van der Waals surface area contributed by atoms with Crippen LogP contribution in [0.15, 0.2) is 48.5 Å². The Morgan fingerprint density at radius 2 is 2.11 bits per heavy atom. The minimum atomic E-state index is -0.244. The minimum Gasteiger partial charge on any atom is -0.376 e. The zero-order chi connectivity index (χ0) is 19.3. The van der Waals surface area contributed by atoms with E-state index in [1.165, 1.54) is 16.9 Å². The Labute approximate surface area is 168 Å². The fourth-order valence-corrected chi connectivity index (χ4v) is 4.24. The quantitative estimate of drug-likeness (QED) is 0.688. The number of nitrogens with one attached hydrogen (secondary N) is 2. The molecule has 2 N–H and O–H groups in total. The van der Waals surface area contributed by atoms with Crippen molar-refractivity contribution >= 4 is 32.7 Å². The molecule has 28 heavy (non-hydrogen) atoms. The number of carbonyl (C=O) groups is 1. The van der Waals surface area contributed by atoms with Crippen molar-refractivity contribution in [2.75, 3.05) is 25.0 Å². The number of hydrogen-bond donors (Lipinski definition) is 2. The van der Waals surface area contributed by atoms with Crippen molar-refractivity contribution in [2.45, 2.75) is 26.1 Å². The molecule has 6 nitrogen and oxygen atoms in total. The number of para-hydroxylation sites is 1. The van der Waals surface area contributed by atoms with Crippen LogP contribution in [0.1, 0.15) is 18.1 Å². The number of carbonyl (C=O) groups excluding carboxylic acids is 1. The normalized spacial score (nSPS) is 17.5. The van der Waals surface area contributed by atoms with Gasteiger partial charge in [-0.25, -0.2) is 9.78 Å². The molecule has 4 rings (SSSR count). The van der Waals surface area contributed by atoms with Gasteiger partial charge >= 0.3 is 6.03 Å². The van der Waals surface area contributed by atoms with Crippen molar-refractivity contribution in [1.29, 1.82) is 0 Å². The highest BCUT2D eigenvalue weighted by Crippen LogP contribution is 2.25. The Kier molecular flexibility index (Phi) is 5.85. The second-order valence-corrected chi connectivity index (χ2v) is 8.06. The number of nitrogens with zero attached hydrogens (tertiary/aromatic N) is 2. The molecular formula is C21H24N4O2S. The van der Waals surface area contributed by atoms with Crippen LogP contribution in [0.25, 0.3) is 10.2 Å². The zero-order valence-corrected chi connectivity index (χ0v) is 16.7. The van der Waals surface area contributed by atoms with Crippen molar-refractivity contribution in [2.24, 2.45) is 0 Å². The van der Waals surface area contributed by atoms with Crippen LogP contribution in [0.4, 0.5) is 9.93 Å². The Morgan fingerprint density at radius 1 is 1.25 bits per heavy atom. The number of hydrogen-bond acceptors (Lipinski definition) is 5. The van der Waals surface area contributed by atoms with E-state index in [-0.39, 0.29) is 12.1 Å². The number of thiazole rings is 1. The fraction of sp³-hybridized carbons (Fsp3) is 0.333. The third-order valence-corrected chi connectivity index (χ3v) is 5.64. The van der Waals surface area contributed by atoms with Gasteiger partial charge in [0.2, 0.25) is 0 Å². The highest BCUT2D eigenvalue weighted by Gasteiger charge is 2.16. The summed E-state index contributed by atoms with van der Waals surface area (Å²) in [5, 5.41) is 6.34. The van der Waals surface area contributed by atoms with Crippen LogP contribution in [0, 0.1) is 0 Å². The number of aromatic nitrogens is 1. The van der Waals surface area contributed by atoms with E-state index in [4.69, 9.17) is 4.74 Å². The largest absolute Gasteiger partial charge is 0.376 e. The van der Waals surface area contributed by atoms with Crippen molar-refractivity contribution in [1.82, 2.24) is 15.2 Å². The van der Waals surface area contributed by atoms with Gasteiger partial charge in [0, 0.05) is 26.2 Å². The van der Waals surface area contributed by atoms with Crippen molar-refractivity contribution in [3.05, 3.63) is 59.7 Å². The van der Waals surface area contributed by atoms with Gasteiger partial charge in [-0.2, -0.15) is 0 Å². The topological polar surface area (TPSA) is 66.5 Å². The fourth-order valence-electron chi connectivity index (χ4n) is 3.38. The second kappa shape index (κ2) is 8.68.